The Bertz CT molecular complexity index is 429. The monoisotopic (exact) mass is 263 g/mol. The SMILES string of the molecule is CNC(C)CC(C)(C)c1ccc2c(c1)OCCCO2. The summed E-state index contributed by atoms with van der Waals surface area (Å²) in [5, 5.41) is 3.31. The Kier molecular flexibility index (Phi) is 4.35. The van der Waals surface area contributed by atoms with Gasteiger partial charge in [0.15, 0.2) is 11.5 Å². The molecule has 3 heteroatoms. The summed E-state index contributed by atoms with van der Waals surface area (Å²) in [4.78, 5) is 0. The van der Waals surface area contributed by atoms with E-state index in [4.69, 9.17) is 9.47 Å². The predicted molar refractivity (Wildman–Crippen MR) is 78.2 cm³/mol. The van der Waals surface area contributed by atoms with Crippen molar-refractivity contribution in [2.24, 2.45) is 0 Å². The molecule has 1 aromatic rings. The predicted octanol–water partition coefficient (Wildman–Crippen LogP) is 3.12. The fourth-order valence-electron chi connectivity index (χ4n) is 2.57. The van der Waals surface area contributed by atoms with Gasteiger partial charge in [-0.1, -0.05) is 19.9 Å². The van der Waals surface area contributed by atoms with E-state index in [0.29, 0.717) is 6.04 Å². The van der Waals surface area contributed by atoms with Crippen LogP contribution in [0.2, 0.25) is 0 Å². The Morgan fingerprint density at radius 2 is 1.89 bits per heavy atom. The standard InChI is InChI=1S/C16H25NO2/c1-12(17-4)11-16(2,3)13-6-7-14-15(10-13)19-9-5-8-18-14/h6-7,10,12,17H,5,8-9,11H2,1-4H3. The zero-order chi connectivity index (χ0) is 13.9. The van der Waals surface area contributed by atoms with Gasteiger partial charge in [-0.2, -0.15) is 0 Å². The normalized spacial score (nSPS) is 16.8. The van der Waals surface area contributed by atoms with E-state index >= 15 is 0 Å². The average Bonchev–Trinajstić information content (AvgIpc) is 2.62. The minimum Gasteiger partial charge on any atom is -0.490 e. The third-order valence-electron chi connectivity index (χ3n) is 3.84. The van der Waals surface area contributed by atoms with Crippen LogP contribution < -0.4 is 14.8 Å². The lowest BCUT2D eigenvalue weighted by atomic mass is 9.79. The summed E-state index contributed by atoms with van der Waals surface area (Å²) in [6.07, 6.45) is 2.04. The topological polar surface area (TPSA) is 30.5 Å². The van der Waals surface area contributed by atoms with Crippen LogP contribution in [0.15, 0.2) is 18.2 Å². The van der Waals surface area contributed by atoms with Gasteiger partial charge in [0.25, 0.3) is 0 Å². The highest BCUT2D eigenvalue weighted by molar-refractivity contribution is 5.45. The summed E-state index contributed by atoms with van der Waals surface area (Å²) in [5.41, 5.74) is 1.42. The molecular formula is C16H25NO2. The average molecular weight is 263 g/mol. The van der Waals surface area contributed by atoms with Gasteiger partial charge in [0, 0.05) is 12.5 Å². The maximum absolute atomic E-state index is 5.77. The first-order valence-electron chi connectivity index (χ1n) is 7.10. The minimum atomic E-state index is 0.118. The van der Waals surface area contributed by atoms with Crippen LogP contribution >= 0.6 is 0 Å². The zero-order valence-corrected chi connectivity index (χ0v) is 12.5. The Hall–Kier alpha value is -1.22. The van der Waals surface area contributed by atoms with Crippen LogP contribution in [0, 0.1) is 0 Å². The van der Waals surface area contributed by atoms with Crippen molar-refractivity contribution in [2.75, 3.05) is 20.3 Å². The van der Waals surface area contributed by atoms with Gasteiger partial charge in [-0.25, -0.2) is 0 Å². The highest BCUT2D eigenvalue weighted by Crippen LogP contribution is 2.36. The van der Waals surface area contributed by atoms with Crippen LogP contribution in [0.3, 0.4) is 0 Å². The molecule has 3 nitrogen and oxygen atoms in total. The van der Waals surface area contributed by atoms with Crippen LogP contribution in [0.5, 0.6) is 11.5 Å². The maximum Gasteiger partial charge on any atom is 0.161 e. The first-order valence-corrected chi connectivity index (χ1v) is 7.10. The van der Waals surface area contributed by atoms with Crippen molar-refractivity contribution in [3.8, 4) is 11.5 Å². The molecule has 1 heterocycles. The Morgan fingerprint density at radius 3 is 2.58 bits per heavy atom. The van der Waals surface area contributed by atoms with Crippen LogP contribution in [0.25, 0.3) is 0 Å². The lowest BCUT2D eigenvalue weighted by Crippen LogP contribution is -2.30. The van der Waals surface area contributed by atoms with Gasteiger partial charge in [0.2, 0.25) is 0 Å². The number of benzene rings is 1. The number of rotatable bonds is 4. The zero-order valence-electron chi connectivity index (χ0n) is 12.5. The van der Waals surface area contributed by atoms with E-state index in [0.717, 1.165) is 37.6 Å². The van der Waals surface area contributed by atoms with Crippen molar-refractivity contribution >= 4 is 0 Å². The van der Waals surface area contributed by atoms with Crippen LogP contribution in [0.4, 0.5) is 0 Å². The second kappa shape index (κ2) is 5.83. The third kappa shape index (κ3) is 3.41. The summed E-state index contributed by atoms with van der Waals surface area (Å²) in [6.45, 7) is 8.25. The van der Waals surface area contributed by atoms with Gasteiger partial charge in [-0.3, -0.25) is 0 Å². The number of fused-ring (bicyclic) bond motifs is 1. The molecule has 0 aliphatic carbocycles. The Balaban J connectivity index is 2.22. The van der Waals surface area contributed by atoms with Gasteiger partial charge in [-0.05, 0) is 43.5 Å². The first kappa shape index (κ1) is 14.2. The smallest absolute Gasteiger partial charge is 0.161 e. The molecule has 0 aromatic heterocycles. The second-order valence-electron chi connectivity index (χ2n) is 5.99. The Labute approximate surface area is 116 Å². The number of ether oxygens (including phenoxy) is 2. The van der Waals surface area contributed by atoms with Gasteiger partial charge < -0.3 is 14.8 Å². The molecule has 1 aliphatic rings. The highest BCUT2D eigenvalue weighted by Gasteiger charge is 2.24. The summed E-state index contributed by atoms with van der Waals surface area (Å²) >= 11 is 0. The molecule has 1 atom stereocenters. The van der Waals surface area contributed by atoms with E-state index in [1.54, 1.807) is 0 Å². The molecule has 1 aliphatic heterocycles. The number of nitrogens with one attached hydrogen (secondary N) is 1. The van der Waals surface area contributed by atoms with E-state index in [9.17, 15) is 0 Å². The number of hydrogen-bond acceptors (Lipinski definition) is 3. The van der Waals surface area contributed by atoms with Gasteiger partial charge in [0.1, 0.15) is 0 Å². The molecule has 0 radical (unpaired) electrons. The maximum atomic E-state index is 5.77. The van der Waals surface area contributed by atoms with Gasteiger partial charge in [-0.15, -0.1) is 0 Å². The van der Waals surface area contributed by atoms with Crippen molar-refractivity contribution < 1.29 is 9.47 Å². The molecule has 0 bridgehead atoms. The summed E-state index contributed by atoms with van der Waals surface area (Å²) < 4.78 is 11.5. The van der Waals surface area contributed by atoms with Crippen molar-refractivity contribution in [3.05, 3.63) is 23.8 Å². The van der Waals surface area contributed by atoms with Gasteiger partial charge >= 0.3 is 0 Å². The molecule has 0 saturated heterocycles. The van der Waals surface area contributed by atoms with E-state index in [-0.39, 0.29) is 5.41 Å². The van der Waals surface area contributed by atoms with E-state index in [2.05, 4.69) is 38.2 Å². The second-order valence-corrected chi connectivity index (χ2v) is 5.99. The largest absolute Gasteiger partial charge is 0.490 e. The van der Waals surface area contributed by atoms with Crippen molar-refractivity contribution in [1.82, 2.24) is 5.32 Å². The molecule has 19 heavy (non-hydrogen) atoms. The highest BCUT2D eigenvalue weighted by atomic mass is 16.5. The molecule has 0 saturated carbocycles. The third-order valence-corrected chi connectivity index (χ3v) is 3.84. The van der Waals surface area contributed by atoms with Gasteiger partial charge in [0.05, 0.1) is 13.2 Å². The Morgan fingerprint density at radius 1 is 1.21 bits per heavy atom. The van der Waals surface area contributed by atoms with Crippen molar-refractivity contribution in [3.63, 3.8) is 0 Å². The van der Waals surface area contributed by atoms with E-state index in [1.165, 1.54) is 5.56 Å². The summed E-state index contributed by atoms with van der Waals surface area (Å²) in [6, 6.07) is 6.84. The van der Waals surface area contributed by atoms with Crippen LogP contribution in [0.1, 0.15) is 39.2 Å². The lowest BCUT2D eigenvalue weighted by molar-refractivity contribution is 0.296. The quantitative estimate of drug-likeness (QED) is 0.905. The van der Waals surface area contributed by atoms with Crippen molar-refractivity contribution in [2.45, 2.75) is 45.1 Å². The molecule has 1 aromatic carbocycles. The van der Waals surface area contributed by atoms with E-state index in [1.807, 2.05) is 13.1 Å². The molecular weight excluding hydrogens is 238 g/mol. The van der Waals surface area contributed by atoms with Crippen LogP contribution in [-0.4, -0.2) is 26.3 Å². The molecule has 0 spiro atoms. The minimum absolute atomic E-state index is 0.118. The number of hydrogen-bond donors (Lipinski definition) is 1. The van der Waals surface area contributed by atoms with Crippen molar-refractivity contribution in [1.29, 1.82) is 0 Å². The molecule has 1 N–H and O–H groups in total. The molecule has 2 rings (SSSR count). The molecule has 1 unspecified atom stereocenters. The summed E-state index contributed by atoms with van der Waals surface area (Å²) in [7, 11) is 2.01. The summed E-state index contributed by atoms with van der Waals surface area (Å²) in [5.74, 6) is 1.76. The fourth-order valence-corrected chi connectivity index (χ4v) is 2.57. The molecule has 0 fully saturated rings. The molecule has 106 valence electrons. The van der Waals surface area contributed by atoms with Crippen LogP contribution in [-0.2, 0) is 5.41 Å². The fraction of sp³-hybridized carbons (Fsp3) is 0.625. The van der Waals surface area contributed by atoms with E-state index < -0.39 is 0 Å². The molecule has 0 amide bonds. The lowest BCUT2D eigenvalue weighted by Gasteiger charge is -2.29. The first-order chi connectivity index (χ1) is 9.03.